The first-order valence-electron chi connectivity index (χ1n) is 10.9. The standard InChI is InChI=1S/C23H28N6O4/c1-23(2,3)20(30)18(33-22(24)31)13-29-27-21(26-28-29)15-6-9-17(10-7-15)32-19-11-8-16(12-25-19)14-4-5-14/h6-12,14,18,20,30H,4-5,13H2,1-3H3,(H2,24,31). The Balaban J connectivity index is 1.41. The molecule has 2 heterocycles. The van der Waals surface area contributed by atoms with Crippen LogP contribution in [-0.2, 0) is 11.3 Å². The van der Waals surface area contributed by atoms with Gasteiger partial charge in [-0.2, -0.15) is 4.80 Å². The fraction of sp³-hybridized carbons (Fsp3) is 0.435. The molecule has 2 aromatic heterocycles. The van der Waals surface area contributed by atoms with Crippen LogP contribution in [0.2, 0.25) is 0 Å². The van der Waals surface area contributed by atoms with E-state index in [4.69, 9.17) is 15.2 Å². The van der Waals surface area contributed by atoms with Crippen molar-refractivity contribution in [1.82, 2.24) is 25.2 Å². The van der Waals surface area contributed by atoms with Crippen LogP contribution in [0, 0.1) is 5.41 Å². The molecule has 1 amide bonds. The Labute approximate surface area is 191 Å². The van der Waals surface area contributed by atoms with Crippen LogP contribution in [0.1, 0.15) is 45.1 Å². The largest absolute Gasteiger partial charge is 0.442 e. The summed E-state index contributed by atoms with van der Waals surface area (Å²) in [5.74, 6) is 2.22. The van der Waals surface area contributed by atoms with Crippen LogP contribution in [0.5, 0.6) is 11.6 Å². The molecule has 3 N–H and O–H groups in total. The molecule has 0 spiro atoms. The molecule has 1 aromatic carbocycles. The van der Waals surface area contributed by atoms with Crippen LogP contribution in [0.25, 0.3) is 11.4 Å². The van der Waals surface area contributed by atoms with E-state index in [0.717, 1.165) is 5.56 Å². The van der Waals surface area contributed by atoms with Crippen molar-refractivity contribution < 1.29 is 19.4 Å². The van der Waals surface area contributed by atoms with Gasteiger partial charge in [0.2, 0.25) is 11.7 Å². The number of ether oxygens (including phenoxy) is 2. The van der Waals surface area contributed by atoms with E-state index in [1.807, 2.05) is 45.2 Å². The van der Waals surface area contributed by atoms with E-state index in [1.54, 1.807) is 12.1 Å². The number of aliphatic hydroxyl groups excluding tert-OH is 1. The van der Waals surface area contributed by atoms with Gasteiger partial charge < -0.3 is 20.3 Å². The Morgan fingerprint density at radius 1 is 1.21 bits per heavy atom. The number of carbonyl (C=O) groups excluding carboxylic acids is 1. The molecule has 0 aliphatic heterocycles. The highest BCUT2D eigenvalue weighted by Crippen LogP contribution is 2.40. The van der Waals surface area contributed by atoms with Crippen LogP contribution in [0.3, 0.4) is 0 Å². The number of carbonyl (C=O) groups is 1. The molecular formula is C23H28N6O4. The molecule has 174 valence electrons. The van der Waals surface area contributed by atoms with Gasteiger partial charge in [-0.15, -0.1) is 10.2 Å². The fourth-order valence-corrected chi connectivity index (χ4v) is 3.41. The van der Waals surface area contributed by atoms with Gasteiger partial charge in [-0.25, -0.2) is 9.78 Å². The van der Waals surface area contributed by atoms with E-state index in [0.29, 0.717) is 23.4 Å². The Morgan fingerprint density at radius 2 is 1.94 bits per heavy atom. The molecule has 10 heteroatoms. The fourth-order valence-electron chi connectivity index (χ4n) is 3.41. The van der Waals surface area contributed by atoms with Crippen LogP contribution < -0.4 is 10.5 Å². The molecule has 0 bridgehead atoms. The van der Waals surface area contributed by atoms with Gasteiger partial charge in [0.05, 0.1) is 6.10 Å². The molecule has 0 saturated heterocycles. The number of hydrogen-bond acceptors (Lipinski definition) is 8. The summed E-state index contributed by atoms with van der Waals surface area (Å²) in [6.07, 6.45) is 1.48. The van der Waals surface area contributed by atoms with Gasteiger partial charge in [0.15, 0.2) is 6.10 Å². The van der Waals surface area contributed by atoms with Crippen molar-refractivity contribution in [2.45, 2.75) is 58.3 Å². The number of tetrazole rings is 1. The number of rotatable bonds is 8. The second-order valence-corrected chi connectivity index (χ2v) is 9.28. The average molecular weight is 453 g/mol. The second kappa shape index (κ2) is 9.14. The Morgan fingerprint density at radius 3 is 2.52 bits per heavy atom. The van der Waals surface area contributed by atoms with Gasteiger partial charge in [-0.05, 0) is 59.2 Å². The molecular weight excluding hydrogens is 424 g/mol. The highest BCUT2D eigenvalue weighted by Gasteiger charge is 2.34. The second-order valence-electron chi connectivity index (χ2n) is 9.28. The predicted octanol–water partition coefficient (Wildman–Crippen LogP) is 3.28. The highest BCUT2D eigenvalue weighted by molar-refractivity contribution is 5.64. The summed E-state index contributed by atoms with van der Waals surface area (Å²) in [5.41, 5.74) is 6.61. The molecule has 2 atom stereocenters. The number of benzene rings is 1. The third kappa shape index (κ3) is 5.83. The number of nitrogens with two attached hydrogens (primary N) is 1. The summed E-state index contributed by atoms with van der Waals surface area (Å²) in [5, 5.41) is 22.9. The Kier molecular flexibility index (Phi) is 6.28. The van der Waals surface area contributed by atoms with Gasteiger partial charge in [-0.1, -0.05) is 26.8 Å². The zero-order chi connectivity index (χ0) is 23.6. The van der Waals surface area contributed by atoms with E-state index in [2.05, 4.69) is 26.5 Å². The van der Waals surface area contributed by atoms with E-state index >= 15 is 0 Å². The zero-order valence-corrected chi connectivity index (χ0v) is 18.9. The number of aliphatic hydroxyl groups is 1. The maximum Gasteiger partial charge on any atom is 0.404 e. The average Bonchev–Trinajstić information content (AvgIpc) is 3.51. The number of nitrogens with zero attached hydrogens (tertiary/aromatic N) is 5. The normalized spacial score (nSPS) is 15.6. The molecule has 0 radical (unpaired) electrons. The summed E-state index contributed by atoms with van der Waals surface area (Å²) in [6.45, 7) is 5.50. The van der Waals surface area contributed by atoms with Gasteiger partial charge in [-0.3, -0.25) is 0 Å². The quantitative estimate of drug-likeness (QED) is 0.531. The van der Waals surface area contributed by atoms with Crippen LogP contribution in [0.4, 0.5) is 4.79 Å². The third-order valence-electron chi connectivity index (χ3n) is 5.45. The zero-order valence-electron chi connectivity index (χ0n) is 18.9. The minimum Gasteiger partial charge on any atom is -0.442 e. The number of primary amides is 1. The van der Waals surface area contributed by atoms with E-state index in [1.165, 1.54) is 23.2 Å². The predicted molar refractivity (Wildman–Crippen MR) is 119 cm³/mol. The lowest BCUT2D eigenvalue weighted by atomic mass is 9.86. The molecule has 3 aromatic rings. The van der Waals surface area contributed by atoms with Crippen LogP contribution >= 0.6 is 0 Å². The van der Waals surface area contributed by atoms with Crippen LogP contribution in [0.15, 0.2) is 42.6 Å². The lowest BCUT2D eigenvalue weighted by Crippen LogP contribution is -2.44. The monoisotopic (exact) mass is 452 g/mol. The lowest BCUT2D eigenvalue weighted by Gasteiger charge is -2.31. The number of amides is 1. The summed E-state index contributed by atoms with van der Waals surface area (Å²) in [7, 11) is 0. The molecule has 4 rings (SSSR count). The third-order valence-corrected chi connectivity index (χ3v) is 5.45. The van der Waals surface area contributed by atoms with Crippen LogP contribution in [-0.4, -0.2) is 48.6 Å². The lowest BCUT2D eigenvalue weighted by molar-refractivity contribution is -0.0583. The van der Waals surface area contributed by atoms with Crippen molar-refractivity contribution in [2.75, 3.05) is 0 Å². The SMILES string of the molecule is CC(C)(C)C(O)C(Cn1nnc(-c2ccc(Oc3ccc(C4CC4)cn3)cc2)n1)OC(N)=O. The molecule has 2 unspecified atom stereocenters. The topological polar surface area (TPSA) is 138 Å². The number of hydrogen-bond donors (Lipinski definition) is 2. The minimum atomic E-state index is -0.976. The maximum absolute atomic E-state index is 11.3. The van der Waals surface area contributed by atoms with Gasteiger partial charge in [0.25, 0.3) is 0 Å². The first kappa shape index (κ1) is 22.7. The van der Waals surface area contributed by atoms with Gasteiger partial charge in [0.1, 0.15) is 12.3 Å². The molecule has 1 fully saturated rings. The Bertz CT molecular complexity index is 1090. The van der Waals surface area contributed by atoms with Crippen molar-refractivity contribution in [3.63, 3.8) is 0 Å². The number of pyridine rings is 1. The van der Waals surface area contributed by atoms with Gasteiger partial charge in [0, 0.05) is 17.8 Å². The van der Waals surface area contributed by atoms with Crippen molar-refractivity contribution in [3.05, 3.63) is 48.2 Å². The van der Waals surface area contributed by atoms with Crippen molar-refractivity contribution in [1.29, 1.82) is 0 Å². The molecule has 1 saturated carbocycles. The maximum atomic E-state index is 11.3. The first-order valence-corrected chi connectivity index (χ1v) is 10.9. The number of aromatic nitrogens is 5. The molecule has 1 aliphatic carbocycles. The smallest absolute Gasteiger partial charge is 0.404 e. The molecule has 1 aliphatic rings. The Hall–Kier alpha value is -3.53. The minimum absolute atomic E-state index is 0.0120. The van der Waals surface area contributed by atoms with Crippen molar-refractivity contribution >= 4 is 6.09 Å². The first-order chi connectivity index (χ1) is 15.7. The molecule has 10 nitrogen and oxygen atoms in total. The van der Waals surface area contributed by atoms with E-state index in [9.17, 15) is 9.90 Å². The van der Waals surface area contributed by atoms with E-state index in [-0.39, 0.29) is 6.54 Å². The molecule has 33 heavy (non-hydrogen) atoms. The van der Waals surface area contributed by atoms with Gasteiger partial charge >= 0.3 is 6.09 Å². The van der Waals surface area contributed by atoms with Crippen molar-refractivity contribution in [3.8, 4) is 23.0 Å². The van der Waals surface area contributed by atoms with Crippen molar-refractivity contribution in [2.24, 2.45) is 11.1 Å². The highest BCUT2D eigenvalue weighted by atomic mass is 16.6. The summed E-state index contributed by atoms with van der Waals surface area (Å²) in [6, 6.07) is 11.2. The summed E-state index contributed by atoms with van der Waals surface area (Å²) >= 11 is 0. The summed E-state index contributed by atoms with van der Waals surface area (Å²) in [4.78, 5) is 16.9. The van der Waals surface area contributed by atoms with E-state index < -0.39 is 23.7 Å². The summed E-state index contributed by atoms with van der Waals surface area (Å²) < 4.78 is 10.9.